The van der Waals surface area contributed by atoms with Crippen LogP contribution in [-0.2, 0) is 16.1 Å². The zero-order chi connectivity index (χ0) is 19.1. The van der Waals surface area contributed by atoms with Crippen molar-refractivity contribution >= 4 is 29.1 Å². The van der Waals surface area contributed by atoms with E-state index in [1.54, 1.807) is 6.07 Å². The molecule has 0 spiro atoms. The number of para-hydroxylation sites is 1. The van der Waals surface area contributed by atoms with Crippen LogP contribution in [0.25, 0.3) is 0 Å². The van der Waals surface area contributed by atoms with Crippen molar-refractivity contribution < 1.29 is 14.5 Å². The van der Waals surface area contributed by atoms with E-state index in [0.717, 1.165) is 27.3 Å². The molecule has 0 heterocycles. The zero-order valence-corrected chi connectivity index (χ0v) is 16.1. The number of quaternary nitrogens is 1. The number of benzene rings is 2. The van der Waals surface area contributed by atoms with Crippen LogP contribution >= 0.6 is 11.6 Å². The van der Waals surface area contributed by atoms with E-state index in [1.165, 1.54) is 0 Å². The second-order valence-electron chi connectivity index (χ2n) is 6.53. The van der Waals surface area contributed by atoms with E-state index in [1.807, 2.05) is 57.3 Å². The Bertz CT molecular complexity index is 772. The fraction of sp³-hybridized carbons (Fsp3) is 0.300. The average Bonchev–Trinajstić information content (AvgIpc) is 2.56. The van der Waals surface area contributed by atoms with E-state index >= 15 is 0 Å². The van der Waals surface area contributed by atoms with Crippen LogP contribution in [0.1, 0.15) is 16.7 Å². The molecule has 1 atom stereocenters. The summed E-state index contributed by atoms with van der Waals surface area (Å²) in [5.41, 5.74) is 3.83. The summed E-state index contributed by atoms with van der Waals surface area (Å²) in [5, 5.41) is 6.43. The lowest BCUT2D eigenvalue weighted by Gasteiger charge is -2.15. The first-order valence-electron chi connectivity index (χ1n) is 8.53. The number of anilines is 1. The molecule has 2 rings (SSSR count). The molecule has 0 bridgehead atoms. The third kappa shape index (κ3) is 6.17. The number of halogens is 1. The van der Waals surface area contributed by atoms with Gasteiger partial charge < -0.3 is 15.5 Å². The highest BCUT2D eigenvalue weighted by Crippen LogP contribution is 2.18. The van der Waals surface area contributed by atoms with Crippen molar-refractivity contribution in [2.75, 3.05) is 25.5 Å². The largest absolute Gasteiger partial charge is 0.347 e. The van der Waals surface area contributed by atoms with Crippen molar-refractivity contribution in [2.45, 2.75) is 20.4 Å². The van der Waals surface area contributed by atoms with Crippen molar-refractivity contribution in [1.29, 1.82) is 0 Å². The Morgan fingerprint density at radius 2 is 1.62 bits per heavy atom. The minimum Gasteiger partial charge on any atom is -0.347 e. The monoisotopic (exact) mass is 374 g/mol. The van der Waals surface area contributed by atoms with E-state index in [9.17, 15) is 9.59 Å². The Hall–Kier alpha value is -2.37. The van der Waals surface area contributed by atoms with Crippen LogP contribution in [0.15, 0.2) is 42.5 Å². The molecule has 0 fully saturated rings. The predicted molar refractivity (Wildman–Crippen MR) is 104 cm³/mol. The number of rotatable bonds is 7. The lowest BCUT2D eigenvalue weighted by molar-refractivity contribution is -0.862. The van der Waals surface area contributed by atoms with Gasteiger partial charge in [0.15, 0.2) is 13.1 Å². The van der Waals surface area contributed by atoms with Gasteiger partial charge in [0.1, 0.15) is 0 Å². The van der Waals surface area contributed by atoms with Crippen LogP contribution < -0.4 is 15.5 Å². The molecule has 0 aliphatic carbocycles. The van der Waals surface area contributed by atoms with Gasteiger partial charge in [-0.3, -0.25) is 9.59 Å². The van der Waals surface area contributed by atoms with E-state index in [-0.39, 0.29) is 24.9 Å². The molecular formula is C20H25ClN3O2+. The minimum absolute atomic E-state index is 0.109. The molecule has 3 N–H and O–H groups in total. The summed E-state index contributed by atoms with van der Waals surface area (Å²) < 4.78 is 0. The molecule has 0 aliphatic heterocycles. The van der Waals surface area contributed by atoms with Crippen LogP contribution in [0.5, 0.6) is 0 Å². The topological polar surface area (TPSA) is 62.6 Å². The van der Waals surface area contributed by atoms with E-state index < -0.39 is 0 Å². The second-order valence-corrected chi connectivity index (χ2v) is 6.97. The number of carbonyl (C=O) groups is 2. The molecule has 138 valence electrons. The first kappa shape index (κ1) is 19.9. The zero-order valence-electron chi connectivity index (χ0n) is 15.4. The number of carbonyl (C=O) groups excluding carboxylic acids is 2. The van der Waals surface area contributed by atoms with Gasteiger partial charge in [0.05, 0.1) is 7.05 Å². The molecule has 0 saturated carbocycles. The standard InChI is InChI=1S/C20H24ClN3O2/c1-14-6-4-7-15(2)20(14)23-19(26)13-24(3)12-18(25)22-11-16-8-5-9-17(21)10-16/h4-10H,11-13H2,1-3H3,(H,22,25)(H,23,26)/p+1. The van der Waals surface area contributed by atoms with Crippen LogP contribution in [0.2, 0.25) is 5.02 Å². The third-order valence-corrected chi connectivity index (χ3v) is 4.28. The van der Waals surface area contributed by atoms with Gasteiger partial charge in [0.25, 0.3) is 11.8 Å². The normalized spacial score (nSPS) is 11.7. The summed E-state index contributed by atoms with van der Waals surface area (Å²) in [6, 6.07) is 13.2. The maximum Gasteiger partial charge on any atom is 0.279 e. The van der Waals surface area contributed by atoms with Crippen LogP contribution in [-0.4, -0.2) is 32.0 Å². The number of likely N-dealkylation sites (N-methyl/N-ethyl adjacent to an activating group) is 1. The Morgan fingerprint density at radius 3 is 2.27 bits per heavy atom. The van der Waals surface area contributed by atoms with Crippen molar-refractivity contribution in [3.8, 4) is 0 Å². The van der Waals surface area contributed by atoms with Gasteiger partial charge in [-0.05, 0) is 42.7 Å². The second kappa shape index (κ2) is 9.36. The van der Waals surface area contributed by atoms with Crippen LogP contribution in [0, 0.1) is 13.8 Å². The summed E-state index contributed by atoms with van der Waals surface area (Å²) in [7, 11) is 1.82. The minimum atomic E-state index is -0.109. The van der Waals surface area contributed by atoms with Crippen molar-refractivity contribution in [3.63, 3.8) is 0 Å². The Labute approximate surface area is 159 Å². The van der Waals surface area contributed by atoms with Crippen LogP contribution in [0.3, 0.4) is 0 Å². The van der Waals surface area contributed by atoms with Crippen LogP contribution in [0.4, 0.5) is 5.69 Å². The summed E-state index contributed by atoms with van der Waals surface area (Å²) in [6.45, 7) is 4.78. The molecule has 0 saturated heterocycles. The number of amides is 2. The lowest BCUT2D eigenvalue weighted by Crippen LogP contribution is -3.11. The maximum atomic E-state index is 12.2. The summed E-state index contributed by atoms with van der Waals surface area (Å²) in [4.78, 5) is 25.1. The number of nitrogens with one attached hydrogen (secondary N) is 3. The predicted octanol–water partition coefficient (Wildman–Crippen LogP) is 1.73. The first-order valence-corrected chi connectivity index (χ1v) is 8.91. The molecule has 2 aromatic carbocycles. The number of hydrogen-bond donors (Lipinski definition) is 3. The van der Waals surface area contributed by atoms with Crippen molar-refractivity contribution in [1.82, 2.24) is 5.32 Å². The highest BCUT2D eigenvalue weighted by Gasteiger charge is 2.15. The van der Waals surface area contributed by atoms with Gasteiger partial charge in [0.2, 0.25) is 0 Å². The van der Waals surface area contributed by atoms with Gasteiger partial charge in [0, 0.05) is 17.3 Å². The highest BCUT2D eigenvalue weighted by atomic mass is 35.5. The SMILES string of the molecule is Cc1cccc(C)c1NC(=O)C[NH+](C)CC(=O)NCc1cccc(Cl)c1. The molecule has 1 unspecified atom stereocenters. The van der Waals surface area contributed by atoms with Gasteiger partial charge in [-0.25, -0.2) is 0 Å². The fourth-order valence-corrected chi connectivity index (χ4v) is 2.93. The molecular weight excluding hydrogens is 350 g/mol. The molecule has 0 aromatic heterocycles. The van der Waals surface area contributed by atoms with Gasteiger partial charge >= 0.3 is 0 Å². The van der Waals surface area contributed by atoms with Gasteiger partial charge in [-0.2, -0.15) is 0 Å². The Balaban J connectivity index is 1.79. The average molecular weight is 375 g/mol. The van der Waals surface area contributed by atoms with Gasteiger partial charge in [-0.15, -0.1) is 0 Å². The molecule has 0 aliphatic rings. The highest BCUT2D eigenvalue weighted by molar-refractivity contribution is 6.30. The van der Waals surface area contributed by atoms with Gasteiger partial charge in [-0.1, -0.05) is 41.9 Å². The van der Waals surface area contributed by atoms with E-state index in [2.05, 4.69) is 10.6 Å². The fourth-order valence-electron chi connectivity index (χ4n) is 2.72. The first-order chi connectivity index (χ1) is 12.3. The number of hydrogen-bond acceptors (Lipinski definition) is 2. The van der Waals surface area contributed by atoms with Crippen molar-refractivity contribution in [2.24, 2.45) is 0 Å². The molecule has 6 heteroatoms. The molecule has 2 amide bonds. The van der Waals surface area contributed by atoms with Crippen molar-refractivity contribution in [3.05, 3.63) is 64.2 Å². The lowest BCUT2D eigenvalue weighted by atomic mass is 10.1. The molecule has 26 heavy (non-hydrogen) atoms. The Morgan fingerprint density at radius 1 is 1.00 bits per heavy atom. The Kier molecular flexibility index (Phi) is 7.18. The summed E-state index contributed by atoms with van der Waals surface area (Å²) in [5.74, 6) is -0.218. The molecule has 0 radical (unpaired) electrons. The summed E-state index contributed by atoms with van der Waals surface area (Å²) >= 11 is 5.93. The molecule has 5 nitrogen and oxygen atoms in total. The smallest absolute Gasteiger partial charge is 0.279 e. The van der Waals surface area contributed by atoms with E-state index in [4.69, 9.17) is 11.6 Å². The maximum absolute atomic E-state index is 12.2. The summed E-state index contributed by atoms with van der Waals surface area (Å²) in [6.07, 6.45) is 0. The quantitative estimate of drug-likeness (QED) is 0.691. The number of aryl methyl sites for hydroxylation is 2. The molecule has 2 aromatic rings. The van der Waals surface area contributed by atoms with E-state index in [0.29, 0.717) is 11.6 Å². The third-order valence-electron chi connectivity index (χ3n) is 4.05.